The Balaban J connectivity index is 2.22. The molecule has 0 bridgehead atoms. The zero-order valence-electron chi connectivity index (χ0n) is 9.54. The Bertz CT molecular complexity index is 318. The first-order valence-corrected chi connectivity index (χ1v) is 6.89. The fourth-order valence-electron chi connectivity index (χ4n) is 0.962. The number of thioether (sulfide) groups is 1. The third-order valence-corrected chi connectivity index (χ3v) is 4.04. The van der Waals surface area contributed by atoms with Gasteiger partial charge >= 0.3 is 0 Å². The van der Waals surface area contributed by atoms with Crippen LogP contribution < -0.4 is 5.32 Å². The van der Waals surface area contributed by atoms with Gasteiger partial charge in [0, 0.05) is 29.4 Å². The molecule has 0 atom stereocenters. The highest BCUT2D eigenvalue weighted by Gasteiger charge is 2.01. The van der Waals surface area contributed by atoms with Crippen LogP contribution in [0.15, 0.2) is 21.9 Å². The van der Waals surface area contributed by atoms with Crippen LogP contribution >= 0.6 is 23.1 Å². The van der Waals surface area contributed by atoms with Gasteiger partial charge in [0.05, 0.1) is 0 Å². The van der Waals surface area contributed by atoms with E-state index in [-0.39, 0.29) is 0 Å². The number of hydrogen-bond donors (Lipinski definition) is 1. The van der Waals surface area contributed by atoms with Gasteiger partial charge in [-0.05, 0) is 6.92 Å². The summed E-state index contributed by atoms with van der Waals surface area (Å²) in [6.45, 7) is 11.3. The summed E-state index contributed by atoms with van der Waals surface area (Å²) < 4.78 is 1.14. The zero-order chi connectivity index (χ0) is 11.3. The van der Waals surface area contributed by atoms with E-state index in [9.17, 15) is 0 Å². The largest absolute Gasteiger partial charge is 0.311 e. The lowest BCUT2D eigenvalue weighted by Gasteiger charge is -2.09. The van der Waals surface area contributed by atoms with Gasteiger partial charge in [-0.15, -0.1) is 11.3 Å². The Morgan fingerprint density at radius 2 is 2.40 bits per heavy atom. The quantitative estimate of drug-likeness (QED) is 0.613. The third-order valence-electron chi connectivity index (χ3n) is 1.76. The molecule has 0 aliphatic rings. The second-order valence-corrected chi connectivity index (χ2v) is 5.91. The Morgan fingerprint density at radius 3 is 2.93 bits per heavy atom. The van der Waals surface area contributed by atoms with E-state index in [4.69, 9.17) is 0 Å². The van der Waals surface area contributed by atoms with Crippen LogP contribution in [-0.2, 0) is 0 Å². The molecule has 2 nitrogen and oxygen atoms in total. The monoisotopic (exact) mass is 242 g/mol. The Kier molecular flexibility index (Phi) is 5.36. The number of nitrogens with one attached hydrogen (secondary N) is 1. The molecule has 0 radical (unpaired) electrons. The normalized spacial score (nSPS) is 10.9. The first kappa shape index (κ1) is 12.7. The van der Waals surface area contributed by atoms with E-state index in [0.29, 0.717) is 6.04 Å². The summed E-state index contributed by atoms with van der Waals surface area (Å²) >= 11 is 3.48. The van der Waals surface area contributed by atoms with Crippen molar-refractivity contribution >= 4 is 23.1 Å². The molecule has 84 valence electrons. The van der Waals surface area contributed by atoms with Crippen molar-refractivity contribution in [2.45, 2.75) is 31.2 Å². The van der Waals surface area contributed by atoms with Gasteiger partial charge in [0.1, 0.15) is 4.34 Å². The number of rotatable bonds is 6. The summed E-state index contributed by atoms with van der Waals surface area (Å²) in [7, 11) is 0. The summed E-state index contributed by atoms with van der Waals surface area (Å²) in [5, 5.41) is 5.44. The molecule has 1 N–H and O–H groups in total. The second-order valence-electron chi connectivity index (χ2n) is 3.83. The van der Waals surface area contributed by atoms with Crippen molar-refractivity contribution < 1.29 is 0 Å². The first-order chi connectivity index (χ1) is 7.08. The summed E-state index contributed by atoms with van der Waals surface area (Å²) in [4.78, 5) is 4.40. The topological polar surface area (TPSA) is 24.9 Å². The summed E-state index contributed by atoms with van der Waals surface area (Å²) in [6, 6.07) is 0.522. The number of hydrogen-bond acceptors (Lipinski definition) is 4. The molecule has 0 spiro atoms. The fourth-order valence-corrected chi connectivity index (χ4v) is 2.71. The van der Waals surface area contributed by atoms with Crippen LogP contribution in [0, 0.1) is 6.92 Å². The maximum Gasteiger partial charge on any atom is 0.150 e. The molecular weight excluding hydrogens is 224 g/mol. The van der Waals surface area contributed by atoms with Gasteiger partial charge < -0.3 is 5.32 Å². The molecule has 4 heteroatoms. The lowest BCUT2D eigenvalue weighted by atomic mass is 10.3. The summed E-state index contributed by atoms with van der Waals surface area (Å²) in [5.74, 6) is 0.951. The van der Waals surface area contributed by atoms with Crippen LogP contribution in [0.5, 0.6) is 0 Å². The third kappa shape index (κ3) is 5.35. The number of nitrogens with zero attached hydrogens (tertiary/aromatic N) is 1. The van der Waals surface area contributed by atoms with Crippen LogP contribution in [0.1, 0.15) is 19.5 Å². The highest BCUT2D eigenvalue weighted by atomic mass is 32.2. The average Bonchev–Trinajstić information content (AvgIpc) is 2.58. The smallest absolute Gasteiger partial charge is 0.150 e. The lowest BCUT2D eigenvalue weighted by Crippen LogP contribution is -2.25. The van der Waals surface area contributed by atoms with Crippen molar-refractivity contribution in [1.82, 2.24) is 10.3 Å². The van der Waals surface area contributed by atoms with Gasteiger partial charge in [0.2, 0.25) is 0 Å². The second kappa shape index (κ2) is 6.30. The van der Waals surface area contributed by atoms with Crippen molar-refractivity contribution in [2.75, 3.05) is 12.3 Å². The van der Waals surface area contributed by atoms with Crippen molar-refractivity contribution in [3.8, 4) is 0 Å². The minimum atomic E-state index is 0.522. The first-order valence-electron chi connectivity index (χ1n) is 5.03. The summed E-state index contributed by atoms with van der Waals surface area (Å²) in [5.41, 5.74) is 2.33. The Morgan fingerprint density at radius 1 is 1.67 bits per heavy atom. The molecule has 1 heterocycles. The molecule has 0 aliphatic carbocycles. The van der Waals surface area contributed by atoms with Gasteiger partial charge in [0.25, 0.3) is 0 Å². The number of aryl methyl sites for hydroxylation is 1. The maximum absolute atomic E-state index is 4.40. The molecule has 1 rings (SSSR count). The highest BCUT2D eigenvalue weighted by Crippen LogP contribution is 2.23. The molecule has 15 heavy (non-hydrogen) atoms. The van der Waals surface area contributed by atoms with Crippen LogP contribution in [0.3, 0.4) is 0 Å². The van der Waals surface area contributed by atoms with Gasteiger partial charge in [0.15, 0.2) is 0 Å². The van der Waals surface area contributed by atoms with Crippen LogP contribution in [-0.4, -0.2) is 23.3 Å². The summed E-state index contributed by atoms with van der Waals surface area (Å²) in [6.07, 6.45) is 0. The van der Waals surface area contributed by atoms with Crippen molar-refractivity contribution in [3.05, 3.63) is 23.2 Å². The molecule has 0 fully saturated rings. The van der Waals surface area contributed by atoms with E-state index in [1.54, 1.807) is 23.1 Å². The van der Waals surface area contributed by atoms with Crippen molar-refractivity contribution in [3.63, 3.8) is 0 Å². The average molecular weight is 242 g/mol. The van der Waals surface area contributed by atoms with E-state index in [2.05, 4.69) is 36.1 Å². The Hall–Kier alpha value is -0.320. The van der Waals surface area contributed by atoms with Gasteiger partial charge in [-0.2, -0.15) is 0 Å². The van der Waals surface area contributed by atoms with Crippen molar-refractivity contribution in [1.29, 1.82) is 0 Å². The van der Waals surface area contributed by atoms with Crippen LogP contribution in [0.4, 0.5) is 0 Å². The molecule has 0 aromatic carbocycles. The van der Waals surface area contributed by atoms with Gasteiger partial charge in [-0.3, -0.25) is 0 Å². The Labute approximate surface area is 100 Å². The molecule has 1 aromatic rings. The van der Waals surface area contributed by atoms with E-state index >= 15 is 0 Å². The molecule has 0 amide bonds. The minimum absolute atomic E-state index is 0.522. The predicted octanol–water partition coefficient (Wildman–Crippen LogP) is 3.10. The molecule has 0 saturated heterocycles. The molecule has 0 saturated carbocycles. The van der Waals surface area contributed by atoms with E-state index in [1.165, 1.54) is 5.57 Å². The molecule has 0 aliphatic heterocycles. The van der Waals surface area contributed by atoms with Crippen molar-refractivity contribution in [2.24, 2.45) is 0 Å². The predicted molar refractivity (Wildman–Crippen MR) is 69.9 cm³/mol. The molecular formula is C11H18N2S2. The zero-order valence-corrected chi connectivity index (χ0v) is 11.2. The number of thiazole rings is 1. The fraction of sp³-hybridized carbons (Fsp3) is 0.545. The standard InChI is InChI=1S/C11H18N2S2/c1-8(2)12-5-9(3)6-14-11-13-10(4)7-15-11/h7-8,12H,3,5-6H2,1-2,4H3. The van der Waals surface area contributed by atoms with E-state index in [1.807, 2.05) is 6.92 Å². The van der Waals surface area contributed by atoms with E-state index < -0.39 is 0 Å². The number of aromatic nitrogens is 1. The van der Waals surface area contributed by atoms with Crippen LogP contribution in [0.2, 0.25) is 0 Å². The SMILES string of the molecule is C=C(CNC(C)C)CSc1nc(C)cs1. The minimum Gasteiger partial charge on any atom is -0.311 e. The highest BCUT2D eigenvalue weighted by molar-refractivity contribution is 8.01. The molecule has 0 unspecified atom stereocenters. The van der Waals surface area contributed by atoms with Crippen LogP contribution in [0.25, 0.3) is 0 Å². The lowest BCUT2D eigenvalue weighted by molar-refractivity contribution is 0.623. The van der Waals surface area contributed by atoms with Gasteiger partial charge in [-0.1, -0.05) is 37.8 Å². The maximum atomic E-state index is 4.40. The van der Waals surface area contributed by atoms with E-state index in [0.717, 1.165) is 22.3 Å². The molecule has 1 aromatic heterocycles. The van der Waals surface area contributed by atoms with Gasteiger partial charge in [-0.25, -0.2) is 4.98 Å².